The zero-order valence-electron chi connectivity index (χ0n) is 14.0. The Labute approximate surface area is 146 Å². The maximum absolute atomic E-state index is 13.2. The fraction of sp³-hybridized carbons (Fsp3) is 0.300. The summed E-state index contributed by atoms with van der Waals surface area (Å²) in [7, 11) is 0. The Morgan fingerprint density at radius 2 is 1.92 bits per heavy atom. The molecule has 2 aromatic rings. The first-order chi connectivity index (χ1) is 12.1. The molecule has 0 unspecified atom stereocenters. The number of halogens is 1. The number of carbonyl (C=O) groups is 2. The lowest BCUT2D eigenvalue weighted by molar-refractivity contribution is -0.121. The van der Waals surface area contributed by atoms with Gasteiger partial charge in [0, 0.05) is 24.7 Å². The number of amides is 2. The van der Waals surface area contributed by atoms with E-state index in [2.05, 4.69) is 5.32 Å². The zero-order chi connectivity index (χ0) is 17.6. The molecule has 0 saturated carbocycles. The monoisotopic (exact) mass is 340 g/mol. The van der Waals surface area contributed by atoms with Crippen LogP contribution in [0.4, 0.5) is 4.39 Å². The standard InChI is InChI=1S/C20H21FN2O2/c21-17-9-4-6-15(12-17)13-19(24)22-18-10-5-11-23(14-18)20(25)16-7-2-1-3-8-16/h1-4,6-9,12,18H,5,10-11,13-14H2,(H,22,24)/t18-/m0/s1. The van der Waals surface area contributed by atoms with Crippen LogP contribution in [0.5, 0.6) is 0 Å². The molecule has 1 atom stereocenters. The number of hydrogen-bond acceptors (Lipinski definition) is 2. The molecule has 2 amide bonds. The van der Waals surface area contributed by atoms with Gasteiger partial charge in [-0.15, -0.1) is 0 Å². The summed E-state index contributed by atoms with van der Waals surface area (Å²) in [5.74, 6) is -0.503. The number of rotatable bonds is 4. The van der Waals surface area contributed by atoms with Crippen molar-refractivity contribution in [2.75, 3.05) is 13.1 Å². The maximum atomic E-state index is 13.2. The van der Waals surface area contributed by atoms with Crippen LogP contribution in [0.15, 0.2) is 54.6 Å². The molecule has 1 saturated heterocycles. The second-order valence-electron chi connectivity index (χ2n) is 6.33. The molecule has 2 aromatic carbocycles. The minimum absolute atomic E-state index is 0.00956. The molecule has 1 N–H and O–H groups in total. The lowest BCUT2D eigenvalue weighted by atomic mass is 10.0. The normalized spacial score (nSPS) is 17.2. The molecular formula is C20H21FN2O2. The summed E-state index contributed by atoms with van der Waals surface area (Å²) < 4.78 is 13.2. The second kappa shape index (κ2) is 7.92. The summed E-state index contributed by atoms with van der Waals surface area (Å²) in [6, 6.07) is 15.1. The number of likely N-dealkylation sites (tertiary alicyclic amines) is 1. The van der Waals surface area contributed by atoms with Crippen molar-refractivity contribution in [3.63, 3.8) is 0 Å². The van der Waals surface area contributed by atoms with Crippen LogP contribution < -0.4 is 5.32 Å². The van der Waals surface area contributed by atoms with Gasteiger partial charge in [0.15, 0.2) is 0 Å². The lowest BCUT2D eigenvalue weighted by Crippen LogP contribution is -2.49. The SMILES string of the molecule is O=C(Cc1cccc(F)c1)N[C@H]1CCCN(C(=O)c2ccccc2)C1. The average Bonchev–Trinajstić information content (AvgIpc) is 2.62. The van der Waals surface area contributed by atoms with Crippen molar-refractivity contribution in [2.45, 2.75) is 25.3 Å². The molecule has 3 rings (SSSR count). The number of carbonyl (C=O) groups excluding carboxylic acids is 2. The van der Waals surface area contributed by atoms with E-state index in [1.54, 1.807) is 29.2 Å². The summed E-state index contributed by atoms with van der Waals surface area (Å²) >= 11 is 0. The predicted octanol–water partition coefficient (Wildman–Crippen LogP) is 2.79. The van der Waals surface area contributed by atoms with E-state index < -0.39 is 0 Å². The molecule has 1 fully saturated rings. The van der Waals surface area contributed by atoms with Crippen LogP contribution in [0.1, 0.15) is 28.8 Å². The molecule has 0 spiro atoms. The number of nitrogens with one attached hydrogen (secondary N) is 1. The van der Waals surface area contributed by atoms with Gasteiger partial charge >= 0.3 is 0 Å². The predicted molar refractivity (Wildman–Crippen MR) is 93.6 cm³/mol. The van der Waals surface area contributed by atoms with Crippen molar-refractivity contribution in [3.8, 4) is 0 Å². The Bertz CT molecular complexity index is 748. The van der Waals surface area contributed by atoms with E-state index in [9.17, 15) is 14.0 Å². The van der Waals surface area contributed by atoms with Crippen LogP contribution >= 0.6 is 0 Å². The van der Waals surface area contributed by atoms with Gasteiger partial charge in [-0.1, -0.05) is 30.3 Å². The zero-order valence-corrected chi connectivity index (χ0v) is 14.0. The van der Waals surface area contributed by atoms with Crippen molar-refractivity contribution in [1.82, 2.24) is 10.2 Å². The van der Waals surface area contributed by atoms with Crippen LogP contribution in [0, 0.1) is 5.82 Å². The summed E-state index contributed by atoms with van der Waals surface area (Å²) in [5, 5.41) is 2.97. The van der Waals surface area contributed by atoms with E-state index in [0.29, 0.717) is 24.2 Å². The van der Waals surface area contributed by atoms with E-state index >= 15 is 0 Å². The Balaban J connectivity index is 1.56. The number of benzene rings is 2. The summed E-state index contributed by atoms with van der Waals surface area (Å²) in [6.07, 6.45) is 1.83. The van der Waals surface area contributed by atoms with Gasteiger partial charge < -0.3 is 10.2 Å². The molecule has 0 aliphatic carbocycles. The molecule has 1 aliphatic rings. The first-order valence-electron chi connectivity index (χ1n) is 8.50. The van der Waals surface area contributed by atoms with Gasteiger partial charge in [-0.3, -0.25) is 9.59 Å². The Morgan fingerprint density at radius 3 is 2.68 bits per heavy atom. The van der Waals surface area contributed by atoms with E-state index in [1.165, 1.54) is 12.1 Å². The molecule has 5 heteroatoms. The smallest absolute Gasteiger partial charge is 0.253 e. The molecule has 0 radical (unpaired) electrons. The van der Waals surface area contributed by atoms with E-state index in [0.717, 1.165) is 12.8 Å². The van der Waals surface area contributed by atoms with Crippen molar-refractivity contribution < 1.29 is 14.0 Å². The number of nitrogens with zero attached hydrogens (tertiary/aromatic N) is 1. The van der Waals surface area contributed by atoms with Gasteiger partial charge in [-0.2, -0.15) is 0 Å². The third kappa shape index (κ3) is 4.66. The molecular weight excluding hydrogens is 319 g/mol. The highest BCUT2D eigenvalue weighted by Crippen LogP contribution is 2.14. The highest BCUT2D eigenvalue weighted by molar-refractivity contribution is 5.94. The Kier molecular flexibility index (Phi) is 5.43. The topological polar surface area (TPSA) is 49.4 Å². The quantitative estimate of drug-likeness (QED) is 0.930. The van der Waals surface area contributed by atoms with E-state index in [4.69, 9.17) is 0 Å². The first kappa shape index (κ1) is 17.1. The van der Waals surface area contributed by atoms with Crippen LogP contribution in [-0.2, 0) is 11.2 Å². The molecule has 25 heavy (non-hydrogen) atoms. The highest BCUT2D eigenvalue weighted by atomic mass is 19.1. The Morgan fingerprint density at radius 1 is 1.12 bits per heavy atom. The van der Waals surface area contributed by atoms with Crippen molar-refractivity contribution in [2.24, 2.45) is 0 Å². The summed E-state index contributed by atoms with van der Waals surface area (Å²) in [4.78, 5) is 26.5. The molecule has 1 aliphatic heterocycles. The van der Waals surface area contributed by atoms with Crippen molar-refractivity contribution in [1.29, 1.82) is 0 Å². The molecule has 0 bridgehead atoms. The molecule has 1 heterocycles. The third-order valence-corrected chi connectivity index (χ3v) is 4.35. The third-order valence-electron chi connectivity index (χ3n) is 4.35. The lowest BCUT2D eigenvalue weighted by Gasteiger charge is -2.33. The fourth-order valence-electron chi connectivity index (χ4n) is 3.15. The number of hydrogen-bond donors (Lipinski definition) is 1. The van der Waals surface area contributed by atoms with Crippen molar-refractivity contribution >= 4 is 11.8 Å². The average molecular weight is 340 g/mol. The number of piperidine rings is 1. The van der Waals surface area contributed by atoms with Gasteiger partial charge in [0.1, 0.15) is 5.82 Å². The Hall–Kier alpha value is -2.69. The van der Waals surface area contributed by atoms with Gasteiger partial charge in [0.2, 0.25) is 5.91 Å². The first-order valence-corrected chi connectivity index (χ1v) is 8.50. The minimum Gasteiger partial charge on any atom is -0.351 e. The van der Waals surface area contributed by atoms with Gasteiger partial charge in [0.25, 0.3) is 5.91 Å². The minimum atomic E-state index is -0.345. The molecule has 130 valence electrons. The fourth-order valence-corrected chi connectivity index (χ4v) is 3.15. The molecule has 4 nitrogen and oxygen atoms in total. The largest absolute Gasteiger partial charge is 0.351 e. The van der Waals surface area contributed by atoms with Crippen LogP contribution in [-0.4, -0.2) is 35.8 Å². The van der Waals surface area contributed by atoms with E-state index in [-0.39, 0.29) is 30.1 Å². The highest BCUT2D eigenvalue weighted by Gasteiger charge is 2.25. The van der Waals surface area contributed by atoms with Gasteiger partial charge in [-0.05, 0) is 42.7 Å². The van der Waals surface area contributed by atoms with Crippen LogP contribution in [0.3, 0.4) is 0 Å². The second-order valence-corrected chi connectivity index (χ2v) is 6.33. The van der Waals surface area contributed by atoms with Crippen molar-refractivity contribution in [3.05, 3.63) is 71.5 Å². The van der Waals surface area contributed by atoms with Crippen LogP contribution in [0.25, 0.3) is 0 Å². The summed E-state index contributed by atoms with van der Waals surface area (Å²) in [6.45, 7) is 1.20. The van der Waals surface area contributed by atoms with Gasteiger partial charge in [-0.25, -0.2) is 4.39 Å². The van der Waals surface area contributed by atoms with E-state index in [1.807, 2.05) is 18.2 Å². The summed E-state index contributed by atoms with van der Waals surface area (Å²) in [5.41, 5.74) is 1.31. The molecule has 0 aromatic heterocycles. The maximum Gasteiger partial charge on any atom is 0.253 e. The van der Waals surface area contributed by atoms with Gasteiger partial charge in [0.05, 0.1) is 6.42 Å². The van der Waals surface area contributed by atoms with Crippen LogP contribution in [0.2, 0.25) is 0 Å².